The van der Waals surface area contributed by atoms with Gasteiger partial charge in [-0.25, -0.2) is 4.79 Å². The van der Waals surface area contributed by atoms with Crippen molar-refractivity contribution in [2.24, 2.45) is 5.92 Å². The zero-order valence-electron chi connectivity index (χ0n) is 8.53. The molecule has 0 aliphatic rings. The topological polar surface area (TPSA) is 50.4 Å². The molecule has 4 heteroatoms. The highest BCUT2D eigenvalue weighted by Crippen LogP contribution is 2.26. The molecule has 0 radical (unpaired) electrons. The van der Waals surface area contributed by atoms with E-state index in [0.717, 1.165) is 5.75 Å². The minimum atomic E-state index is -0.451. The van der Waals surface area contributed by atoms with Gasteiger partial charge in [0.05, 0.1) is 0 Å². The van der Waals surface area contributed by atoms with Gasteiger partial charge < -0.3 is 9.52 Å². The molecule has 1 rings (SSSR count). The Hall–Kier alpha value is -0.900. The van der Waals surface area contributed by atoms with Crippen LogP contribution in [0.5, 0.6) is 5.75 Å². The summed E-state index contributed by atoms with van der Waals surface area (Å²) in [5.41, 5.74) is -0.451. The largest absolute Gasteiger partial charge is 0.506 e. The van der Waals surface area contributed by atoms with Gasteiger partial charge in [-0.2, -0.15) is 0 Å². The molecular weight excluding hydrogens is 200 g/mol. The molecule has 0 unspecified atom stereocenters. The molecule has 3 nitrogen and oxygen atoms in total. The Kier molecular flexibility index (Phi) is 3.63. The first-order valence-corrected chi connectivity index (χ1v) is 5.45. The van der Waals surface area contributed by atoms with E-state index in [1.165, 1.54) is 17.8 Å². The van der Waals surface area contributed by atoms with Crippen LogP contribution in [0, 0.1) is 12.8 Å². The van der Waals surface area contributed by atoms with Crippen LogP contribution >= 0.6 is 11.8 Å². The molecule has 0 aliphatic heterocycles. The number of rotatable bonds is 3. The van der Waals surface area contributed by atoms with Gasteiger partial charge in [-0.05, 0) is 12.8 Å². The van der Waals surface area contributed by atoms with Crippen molar-refractivity contribution in [3.05, 3.63) is 22.2 Å². The third kappa shape index (κ3) is 2.80. The summed E-state index contributed by atoms with van der Waals surface area (Å²) in [4.78, 5) is 11.6. The minimum Gasteiger partial charge on any atom is -0.506 e. The maximum Gasteiger partial charge on any atom is 0.353 e. The van der Waals surface area contributed by atoms with Crippen LogP contribution in [0.2, 0.25) is 0 Å². The number of aryl methyl sites for hydroxylation is 1. The quantitative estimate of drug-likeness (QED) is 0.785. The second kappa shape index (κ2) is 4.55. The van der Waals surface area contributed by atoms with Crippen LogP contribution in [0.25, 0.3) is 0 Å². The monoisotopic (exact) mass is 214 g/mol. The van der Waals surface area contributed by atoms with E-state index in [-0.39, 0.29) is 5.75 Å². The molecule has 0 spiro atoms. The van der Waals surface area contributed by atoms with Crippen LogP contribution in [0.15, 0.2) is 20.2 Å². The molecule has 0 atom stereocenters. The molecule has 78 valence electrons. The van der Waals surface area contributed by atoms with Crippen molar-refractivity contribution < 1.29 is 9.52 Å². The Morgan fingerprint density at radius 3 is 2.71 bits per heavy atom. The summed E-state index contributed by atoms with van der Waals surface area (Å²) in [6, 6.07) is 1.46. The van der Waals surface area contributed by atoms with E-state index >= 15 is 0 Å². The first-order chi connectivity index (χ1) is 6.50. The maximum atomic E-state index is 11.3. The van der Waals surface area contributed by atoms with Gasteiger partial charge in [0.1, 0.15) is 16.4 Å². The van der Waals surface area contributed by atoms with Crippen LogP contribution < -0.4 is 5.63 Å². The molecule has 1 aromatic heterocycles. The van der Waals surface area contributed by atoms with E-state index in [1.54, 1.807) is 6.92 Å². The average Bonchev–Trinajstić information content (AvgIpc) is 2.01. The van der Waals surface area contributed by atoms with E-state index in [9.17, 15) is 9.90 Å². The lowest BCUT2D eigenvalue weighted by molar-refractivity contribution is 0.412. The SMILES string of the molecule is Cc1cc(O)c(SCC(C)C)c(=O)o1. The highest BCUT2D eigenvalue weighted by atomic mass is 32.2. The Balaban J connectivity index is 2.92. The first-order valence-electron chi connectivity index (χ1n) is 4.47. The molecular formula is C10H14O3S. The van der Waals surface area contributed by atoms with Gasteiger partial charge >= 0.3 is 5.63 Å². The average molecular weight is 214 g/mol. The summed E-state index contributed by atoms with van der Waals surface area (Å²) < 4.78 is 4.88. The zero-order chi connectivity index (χ0) is 10.7. The fourth-order valence-corrected chi connectivity index (χ4v) is 1.83. The van der Waals surface area contributed by atoms with Crippen LogP contribution in [0.3, 0.4) is 0 Å². The number of hydrogen-bond donors (Lipinski definition) is 1. The van der Waals surface area contributed by atoms with Crippen LogP contribution in [0.1, 0.15) is 19.6 Å². The van der Waals surface area contributed by atoms with Crippen molar-refractivity contribution >= 4 is 11.8 Å². The Bertz CT molecular complexity index is 368. The van der Waals surface area contributed by atoms with E-state index in [1.807, 2.05) is 0 Å². The summed E-state index contributed by atoms with van der Waals surface area (Å²) in [6.07, 6.45) is 0. The summed E-state index contributed by atoms with van der Waals surface area (Å²) in [5, 5.41) is 9.50. The minimum absolute atomic E-state index is 0.0180. The molecule has 14 heavy (non-hydrogen) atoms. The molecule has 1 aromatic rings. The van der Waals surface area contributed by atoms with Crippen molar-refractivity contribution in [3.63, 3.8) is 0 Å². The molecule has 0 saturated carbocycles. The molecule has 1 N–H and O–H groups in total. The molecule has 0 aliphatic carbocycles. The lowest BCUT2D eigenvalue weighted by atomic mass is 10.3. The normalized spacial score (nSPS) is 10.9. The van der Waals surface area contributed by atoms with Gasteiger partial charge in [-0.3, -0.25) is 0 Å². The number of aromatic hydroxyl groups is 1. The number of thioether (sulfide) groups is 1. The molecule has 0 aromatic carbocycles. The van der Waals surface area contributed by atoms with E-state index in [4.69, 9.17) is 4.42 Å². The smallest absolute Gasteiger partial charge is 0.353 e. The standard InChI is InChI=1S/C10H14O3S/c1-6(2)5-14-9-8(11)4-7(3)13-10(9)12/h4,6,11H,5H2,1-3H3. The molecule has 0 saturated heterocycles. The Morgan fingerprint density at radius 1 is 1.57 bits per heavy atom. The van der Waals surface area contributed by atoms with E-state index in [0.29, 0.717) is 16.6 Å². The summed E-state index contributed by atoms with van der Waals surface area (Å²) >= 11 is 1.33. The predicted molar refractivity (Wildman–Crippen MR) is 56.9 cm³/mol. The second-order valence-electron chi connectivity index (χ2n) is 3.56. The summed E-state index contributed by atoms with van der Waals surface area (Å²) in [6.45, 7) is 5.75. The van der Waals surface area contributed by atoms with Gasteiger partial charge in [-0.1, -0.05) is 13.8 Å². The maximum absolute atomic E-state index is 11.3. The van der Waals surface area contributed by atoms with Crippen LogP contribution in [0.4, 0.5) is 0 Å². The van der Waals surface area contributed by atoms with Crippen molar-refractivity contribution in [2.75, 3.05) is 5.75 Å². The van der Waals surface area contributed by atoms with Crippen molar-refractivity contribution in [2.45, 2.75) is 25.7 Å². The van der Waals surface area contributed by atoms with Gasteiger partial charge in [0.25, 0.3) is 0 Å². The fraction of sp³-hybridized carbons (Fsp3) is 0.500. The molecule has 0 bridgehead atoms. The van der Waals surface area contributed by atoms with Crippen molar-refractivity contribution in [3.8, 4) is 5.75 Å². The van der Waals surface area contributed by atoms with Crippen LogP contribution in [-0.2, 0) is 0 Å². The van der Waals surface area contributed by atoms with Crippen molar-refractivity contribution in [1.82, 2.24) is 0 Å². The Morgan fingerprint density at radius 2 is 2.21 bits per heavy atom. The third-order valence-corrected chi connectivity index (χ3v) is 3.07. The van der Waals surface area contributed by atoms with Gasteiger partial charge in [-0.15, -0.1) is 11.8 Å². The lowest BCUT2D eigenvalue weighted by Gasteiger charge is -2.05. The molecule has 1 heterocycles. The third-order valence-electron chi connectivity index (χ3n) is 1.57. The summed E-state index contributed by atoms with van der Waals surface area (Å²) in [7, 11) is 0. The van der Waals surface area contributed by atoms with Gasteiger partial charge in [0, 0.05) is 11.8 Å². The molecule has 0 fully saturated rings. The first kappa shape index (κ1) is 11.2. The van der Waals surface area contributed by atoms with Crippen LogP contribution in [-0.4, -0.2) is 10.9 Å². The highest BCUT2D eigenvalue weighted by molar-refractivity contribution is 7.99. The summed E-state index contributed by atoms with van der Waals surface area (Å²) in [5.74, 6) is 1.72. The van der Waals surface area contributed by atoms with Gasteiger partial charge in [0.2, 0.25) is 0 Å². The Labute approximate surface area is 87.1 Å². The predicted octanol–water partition coefficient (Wildman–Crippen LogP) is 2.40. The highest BCUT2D eigenvalue weighted by Gasteiger charge is 2.10. The number of hydrogen-bond acceptors (Lipinski definition) is 4. The van der Waals surface area contributed by atoms with Gasteiger partial charge in [0.15, 0.2) is 0 Å². The molecule has 0 amide bonds. The van der Waals surface area contributed by atoms with Crippen molar-refractivity contribution in [1.29, 1.82) is 0 Å². The zero-order valence-corrected chi connectivity index (χ0v) is 9.35. The lowest BCUT2D eigenvalue weighted by Crippen LogP contribution is -2.04. The fourth-order valence-electron chi connectivity index (χ4n) is 0.968. The second-order valence-corrected chi connectivity index (χ2v) is 4.59. The van der Waals surface area contributed by atoms with E-state index < -0.39 is 5.63 Å². The van der Waals surface area contributed by atoms with E-state index in [2.05, 4.69) is 13.8 Å².